The summed E-state index contributed by atoms with van der Waals surface area (Å²) in [6.07, 6.45) is 5.31. The molecule has 0 radical (unpaired) electrons. The fourth-order valence-corrected chi connectivity index (χ4v) is 3.25. The van der Waals surface area contributed by atoms with Crippen LogP contribution >= 0.6 is 0 Å². The van der Waals surface area contributed by atoms with E-state index in [9.17, 15) is 4.79 Å². The lowest BCUT2D eigenvalue weighted by Gasteiger charge is -2.13. The van der Waals surface area contributed by atoms with Gasteiger partial charge in [-0.2, -0.15) is 10.2 Å². The standard InChI is InChI=1S/C22H24N6O/c1-14(2)20-12-18(19-13-24-28(15(3)4)21(19)26-20)22(29)25-16-7-5-8-17(11-16)27-10-6-9-23-27/h5-15H,1-4H3,(H,25,29). The second kappa shape index (κ2) is 7.50. The zero-order chi connectivity index (χ0) is 20.5. The Morgan fingerprint density at radius 3 is 2.59 bits per heavy atom. The molecule has 0 aliphatic rings. The second-order valence-electron chi connectivity index (χ2n) is 7.62. The number of hydrogen-bond donors (Lipinski definition) is 1. The Morgan fingerprint density at radius 2 is 1.90 bits per heavy atom. The van der Waals surface area contributed by atoms with Gasteiger partial charge in [0.1, 0.15) is 0 Å². The monoisotopic (exact) mass is 388 g/mol. The van der Waals surface area contributed by atoms with Crippen molar-refractivity contribution in [2.45, 2.75) is 39.7 Å². The van der Waals surface area contributed by atoms with Crippen molar-refractivity contribution >= 4 is 22.6 Å². The number of nitrogens with one attached hydrogen (secondary N) is 1. The van der Waals surface area contributed by atoms with Gasteiger partial charge < -0.3 is 5.32 Å². The van der Waals surface area contributed by atoms with Gasteiger partial charge in [-0.05, 0) is 50.1 Å². The topological polar surface area (TPSA) is 77.6 Å². The molecule has 0 saturated carbocycles. The highest BCUT2D eigenvalue weighted by atomic mass is 16.1. The van der Waals surface area contributed by atoms with E-state index in [0.717, 1.165) is 22.4 Å². The lowest BCUT2D eigenvalue weighted by molar-refractivity contribution is 0.102. The van der Waals surface area contributed by atoms with E-state index < -0.39 is 0 Å². The molecule has 3 heterocycles. The third-order valence-electron chi connectivity index (χ3n) is 4.78. The number of nitrogens with zero attached hydrogens (tertiary/aromatic N) is 5. The minimum Gasteiger partial charge on any atom is -0.322 e. The Balaban J connectivity index is 1.73. The summed E-state index contributed by atoms with van der Waals surface area (Å²) < 4.78 is 3.61. The van der Waals surface area contributed by atoms with Crippen molar-refractivity contribution in [2.24, 2.45) is 0 Å². The molecule has 0 fully saturated rings. The van der Waals surface area contributed by atoms with Gasteiger partial charge in [-0.25, -0.2) is 14.3 Å². The summed E-state index contributed by atoms with van der Waals surface area (Å²) in [6, 6.07) is 11.5. The fourth-order valence-electron chi connectivity index (χ4n) is 3.25. The van der Waals surface area contributed by atoms with Crippen molar-refractivity contribution in [2.75, 3.05) is 5.32 Å². The predicted molar refractivity (Wildman–Crippen MR) is 114 cm³/mol. The molecule has 3 aromatic heterocycles. The molecular weight excluding hydrogens is 364 g/mol. The molecule has 0 aliphatic carbocycles. The van der Waals surface area contributed by atoms with Crippen molar-refractivity contribution in [1.29, 1.82) is 0 Å². The summed E-state index contributed by atoms with van der Waals surface area (Å²) in [6.45, 7) is 8.24. The van der Waals surface area contributed by atoms with Gasteiger partial charge in [0.2, 0.25) is 0 Å². The van der Waals surface area contributed by atoms with Crippen LogP contribution in [0.15, 0.2) is 55.0 Å². The molecule has 0 unspecified atom stereocenters. The molecule has 0 aliphatic heterocycles. The lowest BCUT2D eigenvalue weighted by atomic mass is 10.0. The Kier molecular flexibility index (Phi) is 4.88. The number of carbonyl (C=O) groups excluding carboxylic acids is 1. The van der Waals surface area contributed by atoms with E-state index in [-0.39, 0.29) is 17.9 Å². The minimum absolute atomic E-state index is 0.157. The summed E-state index contributed by atoms with van der Waals surface area (Å²) in [5, 5.41) is 12.5. The molecule has 4 aromatic rings. The number of hydrogen-bond acceptors (Lipinski definition) is 4. The minimum atomic E-state index is -0.180. The van der Waals surface area contributed by atoms with Crippen molar-refractivity contribution in [3.8, 4) is 5.69 Å². The van der Waals surface area contributed by atoms with Crippen LogP contribution in [0.2, 0.25) is 0 Å². The van der Waals surface area contributed by atoms with E-state index in [1.807, 2.05) is 47.3 Å². The van der Waals surface area contributed by atoms with E-state index in [1.54, 1.807) is 17.1 Å². The average Bonchev–Trinajstić information content (AvgIpc) is 3.37. The number of carbonyl (C=O) groups is 1. The first kappa shape index (κ1) is 18.9. The maximum absolute atomic E-state index is 13.2. The highest BCUT2D eigenvalue weighted by Crippen LogP contribution is 2.25. The van der Waals surface area contributed by atoms with E-state index in [0.29, 0.717) is 11.3 Å². The van der Waals surface area contributed by atoms with Crippen LogP contribution in [0.3, 0.4) is 0 Å². The summed E-state index contributed by atoms with van der Waals surface area (Å²) in [7, 11) is 0. The molecule has 148 valence electrons. The first-order chi connectivity index (χ1) is 13.9. The molecular formula is C22H24N6O. The van der Waals surface area contributed by atoms with Crippen LogP contribution in [0.1, 0.15) is 55.7 Å². The smallest absolute Gasteiger partial charge is 0.256 e. The van der Waals surface area contributed by atoms with Gasteiger partial charge in [-0.1, -0.05) is 19.9 Å². The van der Waals surface area contributed by atoms with E-state index in [4.69, 9.17) is 4.98 Å². The van der Waals surface area contributed by atoms with Crippen LogP contribution in [0, 0.1) is 0 Å². The Morgan fingerprint density at radius 1 is 1.07 bits per heavy atom. The van der Waals surface area contributed by atoms with Gasteiger partial charge in [0.25, 0.3) is 5.91 Å². The molecule has 1 aromatic carbocycles. The molecule has 7 nitrogen and oxygen atoms in total. The molecule has 0 saturated heterocycles. The Bertz CT molecular complexity index is 1160. The largest absolute Gasteiger partial charge is 0.322 e. The highest BCUT2D eigenvalue weighted by molar-refractivity contribution is 6.12. The predicted octanol–water partition coefficient (Wildman–Crippen LogP) is 4.57. The quantitative estimate of drug-likeness (QED) is 0.543. The van der Waals surface area contributed by atoms with Crippen LogP contribution in [0.5, 0.6) is 0 Å². The lowest BCUT2D eigenvalue weighted by Crippen LogP contribution is -2.14. The maximum atomic E-state index is 13.2. The molecule has 0 spiro atoms. The zero-order valence-corrected chi connectivity index (χ0v) is 17.0. The van der Waals surface area contributed by atoms with Gasteiger partial charge in [0.15, 0.2) is 5.65 Å². The summed E-state index contributed by atoms with van der Waals surface area (Å²) >= 11 is 0. The van der Waals surface area contributed by atoms with Crippen LogP contribution < -0.4 is 5.32 Å². The maximum Gasteiger partial charge on any atom is 0.256 e. The van der Waals surface area contributed by atoms with E-state index >= 15 is 0 Å². The zero-order valence-electron chi connectivity index (χ0n) is 17.0. The Hall–Kier alpha value is -3.48. The highest BCUT2D eigenvalue weighted by Gasteiger charge is 2.19. The Labute approximate surface area is 169 Å². The van der Waals surface area contributed by atoms with Crippen LogP contribution in [-0.4, -0.2) is 30.5 Å². The molecule has 1 amide bonds. The molecule has 29 heavy (non-hydrogen) atoms. The number of aromatic nitrogens is 5. The van der Waals surface area contributed by atoms with Gasteiger partial charge in [0, 0.05) is 29.8 Å². The second-order valence-corrected chi connectivity index (χ2v) is 7.62. The van der Waals surface area contributed by atoms with Crippen LogP contribution in [0.4, 0.5) is 5.69 Å². The first-order valence-corrected chi connectivity index (χ1v) is 9.73. The number of benzene rings is 1. The summed E-state index contributed by atoms with van der Waals surface area (Å²) in [5.74, 6) is 0.0184. The SMILES string of the molecule is CC(C)c1cc(C(=O)Nc2cccc(-n3cccn3)c2)c2cnn(C(C)C)c2n1. The van der Waals surface area contributed by atoms with E-state index in [1.165, 1.54) is 0 Å². The van der Waals surface area contributed by atoms with Crippen LogP contribution in [0.25, 0.3) is 16.7 Å². The van der Waals surface area contributed by atoms with Crippen molar-refractivity contribution < 1.29 is 4.79 Å². The first-order valence-electron chi connectivity index (χ1n) is 9.73. The van der Waals surface area contributed by atoms with Gasteiger partial charge in [-0.15, -0.1) is 0 Å². The molecule has 4 rings (SSSR count). The number of fused-ring (bicyclic) bond motifs is 1. The molecule has 0 bridgehead atoms. The number of rotatable bonds is 5. The van der Waals surface area contributed by atoms with Crippen molar-refractivity contribution in [3.63, 3.8) is 0 Å². The van der Waals surface area contributed by atoms with Crippen LogP contribution in [-0.2, 0) is 0 Å². The van der Waals surface area contributed by atoms with Crippen molar-refractivity contribution in [1.82, 2.24) is 24.5 Å². The molecule has 1 N–H and O–H groups in total. The van der Waals surface area contributed by atoms with Crippen molar-refractivity contribution in [3.05, 3.63) is 66.2 Å². The summed E-state index contributed by atoms with van der Waals surface area (Å²) in [4.78, 5) is 17.9. The summed E-state index contributed by atoms with van der Waals surface area (Å²) in [5.41, 5.74) is 3.77. The fraction of sp³-hybridized carbons (Fsp3) is 0.273. The number of anilines is 1. The van der Waals surface area contributed by atoms with Gasteiger partial charge in [0.05, 0.1) is 22.8 Å². The van der Waals surface area contributed by atoms with Gasteiger partial charge >= 0.3 is 0 Å². The molecule has 7 heteroatoms. The van der Waals surface area contributed by atoms with Gasteiger partial charge in [-0.3, -0.25) is 4.79 Å². The normalized spacial score (nSPS) is 11.5. The third-order valence-corrected chi connectivity index (χ3v) is 4.78. The average molecular weight is 388 g/mol. The van der Waals surface area contributed by atoms with E-state index in [2.05, 4.69) is 43.2 Å². The molecule has 0 atom stereocenters. The number of amides is 1. The number of pyridine rings is 1. The third kappa shape index (κ3) is 3.63.